The van der Waals surface area contributed by atoms with Crippen LogP contribution in [0.1, 0.15) is 20.8 Å². The van der Waals surface area contributed by atoms with Crippen LogP contribution < -0.4 is 10.6 Å². The van der Waals surface area contributed by atoms with E-state index >= 15 is 0 Å². The van der Waals surface area contributed by atoms with Gasteiger partial charge >= 0.3 is 0 Å². The number of thioether (sulfide) groups is 1. The Balaban J connectivity index is 1.90. The molecule has 1 amide bonds. The minimum absolute atomic E-state index is 0.145. The number of carbonyl (C=O) groups is 1. The van der Waals surface area contributed by atoms with Crippen LogP contribution in [0.4, 0.5) is 10.9 Å². The summed E-state index contributed by atoms with van der Waals surface area (Å²) in [5.41, 5.74) is 0. The van der Waals surface area contributed by atoms with Gasteiger partial charge in [0.1, 0.15) is 5.82 Å². The van der Waals surface area contributed by atoms with Crippen LogP contribution in [0, 0.1) is 0 Å². The first-order chi connectivity index (χ1) is 10.4. The summed E-state index contributed by atoms with van der Waals surface area (Å²) in [4.78, 5) is 16.2. The van der Waals surface area contributed by atoms with E-state index in [1.165, 1.54) is 29.3 Å². The summed E-state index contributed by atoms with van der Waals surface area (Å²) in [5, 5.41) is 15.0. The smallest absolute Gasteiger partial charge is 0.238 e. The molecule has 22 heavy (non-hydrogen) atoms. The first-order valence-corrected chi connectivity index (χ1v) is 8.70. The number of hydrogen-bond acceptors (Lipinski definition) is 7. The molecule has 0 fully saturated rings. The molecule has 1 atom stereocenters. The SMILES string of the molecule is CC(C)Nc1nnc(S[C@@H](C)C(=O)Nc2ccc(Cl)cn2)s1. The van der Waals surface area contributed by atoms with Crippen molar-refractivity contribution in [1.29, 1.82) is 0 Å². The number of rotatable bonds is 6. The molecule has 2 heterocycles. The van der Waals surface area contributed by atoms with E-state index in [4.69, 9.17) is 11.6 Å². The molecule has 0 aliphatic carbocycles. The van der Waals surface area contributed by atoms with Gasteiger partial charge in [0.25, 0.3) is 0 Å². The van der Waals surface area contributed by atoms with E-state index in [0.717, 1.165) is 9.47 Å². The van der Waals surface area contributed by atoms with Gasteiger partial charge in [0, 0.05) is 12.2 Å². The molecule has 0 spiro atoms. The van der Waals surface area contributed by atoms with Crippen molar-refractivity contribution >= 4 is 51.6 Å². The Kier molecular flexibility index (Phi) is 5.98. The van der Waals surface area contributed by atoms with Gasteiger partial charge in [0.2, 0.25) is 11.0 Å². The molecule has 6 nitrogen and oxygen atoms in total. The van der Waals surface area contributed by atoms with Crippen molar-refractivity contribution in [2.45, 2.75) is 36.4 Å². The maximum absolute atomic E-state index is 12.1. The second-order valence-electron chi connectivity index (χ2n) is 4.78. The summed E-state index contributed by atoms with van der Waals surface area (Å²) in [5.74, 6) is 0.328. The molecule has 118 valence electrons. The number of amides is 1. The number of carbonyl (C=O) groups excluding carboxylic acids is 1. The topological polar surface area (TPSA) is 79.8 Å². The van der Waals surface area contributed by atoms with Crippen LogP contribution in [0.2, 0.25) is 5.02 Å². The van der Waals surface area contributed by atoms with E-state index in [1.807, 2.05) is 20.8 Å². The number of aromatic nitrogens is 3. The van der Waals surface area contributed by atoms with Crippen molar-refractivity contribution in [3.05, 3.63) is 23.4 Å². The minimum atomic E-state index is -0.308. The van der Waals surface area contributed by atoms with E-state index in [-0.39, 0.29) is 11.2 Å². The second kappa shape index (κ2) is 7.75. The van der Waals surface area contributed by atoms with E-state index in [9.17, 15) is 4.79 Å². The lowest BCUT2D eigenvalue weighted by Gasteiger charge is -2.09. The second-order valence-corrected chi connectivity index (χ2v) is 7.79. The highest BCUT2D eigenvalue weighted by atomic mass is 35.5. The first kappa shape index (κ1) is 17.0. The van der Waals surface area contributed by atoms with E-state index in [1.54, 1.807) is 12.1 Å². The van der Waals surface area contributed by atoms with Gasteiger partial charge in [-0.2, -0.15) is 0 Å². The Morgan fingerprint density at radius 2 is 2.09 bits per heavy atom. The number of nitrogens with one attached hydrogen (secondary N) is 2. The molecular formula is C13H16ClN5OS2. The van der Waals surface area contributed by atoms with E-state index in [2.05, 4.69) is 25.8 Å². The van der Waals surface area contributed by atoms with E-state index < -0.39 is 0 Å². The Morgan fingerprint density at radius 1 is 1.32 bits per heavy atom. The fourth-order valence-electron chi connectivity index (χ4n) is 1.45. The Labute approximate surface area is 142 Å². The number of nitrogens with zero attached hydrogens (tertiary/aromatic N) is 3. The molecule has 2 rings (SSSR count). The van der Waals surface area contributed by atoms with Gasteiger partial charge in [-0.25, -0.2) is 4.98 Å². The van der Waals surface area contributed by atoms with Crippen LogP contribution in [0.15, 0.2) is 22.7 Å². The van der Waals surface area contributed by atoms with Gasteiger partial charge in [-0.3, -0.25) is 4.79 Å². The Hall–Kier alpha value is -1.38. The number of pyridine rings is 1. The lowest BCUT2D eigenvalue weighted by atomic mass is 10.4. The summed E-state index contributed by atoms with van der Waals surface area (Å²) in [6.07, 6.45) is 1.49. The molecule has 2 aromatic rings. The molecule has 0 aliphatic heterocycles. The van der Waals surface area contributed by atoms with E-state index in [0.29, 0.717) is 16.9 Å². The van der Waals surface area contributed by atoms with Gasteiger partial charge in [-0.15, -0.1) is 10.2 Å². The zero-order chi connectivity index (χ0) is 16.1. The number of hydrogen-bond donors (Lipinski definition) is 2. The molecule has 2 aromatic heterocycles. The summed E-state index contributed by atoms with van der Waals surface area (Å²) < 4.78 is 0.745. The van der Waals surface area contributed by atoms with Crippen molar-refractivity contribution in [1.82, 2.24) is 15.2 Å². The third-order valence-electron chi connectivity index (χ3n) is 2.44. The molecule has 0 bridgehead atoms. The quantitative estimate of drug-likeness (QED) is 0.770. The van der Waals surface area contributed by atoms with Gasteiger partial charge in [0.15, 0.2) is 4.34 Å². The molecule has 0 aromatic carbocycles. The molecular weight excluding hydrogens is 342 g/mol. The van der Waals surface area contributed by atoms with Gasteiger partial charge in [-0.05, 0) is 32.9 Å². The molecule has 0 radical (unpaired) electrons. The summed E-state index contributed by atoms with van der Waals surface area (Å²) >= 11 is 8.55. The fourth-order valence-corrected chi connectivity index (χ4v) is 3.60. The molecule has 0 unspecified atom stereocenters. The van der Waals surface area contributed by atoms with Crippen molar-refractivity contribution in [3.8, 4) is 0 Å². The minimum Gasteiger partial charge on any atom is -0.358 e. The Morgan fingerprint density at radius 3 is 2.73 bits per heavy atom. The summed E-state index contributed by atoms with van der Waals surface area (Å²) in [6.45, 7) is 5.87. The summed E-state index contributed by atoms with van der Waals surface area (Å²) in [7, 11) is 0. The van der Waals surface area contributed by atoms with Crippen molar-refractivity contribution in [3.63, 3.8) is 0 Å². The van der Waals surface area contributed by atoms with Crippen LogP contribution in [-0.2, 0) is 4.79 Å². The normalized spacial score (nSPS) is 12.2. The Bertz CT molecular complexity index is 632. The van der Waals surface area contributed by atoms with Gasteiger partial charge in [0.05, 0.1) is 10.3 Å². The number of anilines is 2. The largest absolute Gasteiger partial charge is 0.358 e. The van der Waals surface area contributed by atoms with Crippen LogP contribution in [0.25, 0.3) is 0 Å². The molecule has 0 saturated carbocycles. The molecule has 2 N–H and O–H groups in total. The lowest BCUT2D eigenvalue weighted by molar-refractivity contribution is -0.115. The lowest BCUT2D eigenvalue weighted by Crippen LogP contribution is -2.22. The van der Waals surface area contributed by atoms with Crippen molar-refractivity contribution in [2.24, 2.45) is 0 Å². The van der Waals surface area contributed by atoms with Crippen LogP contribution >= 0.6 is 34.7 Å². The fraction of sp³-hybridized carbons (Fsp3) is 0.385. The summed E-state index contributed by atoms with van der Waals surface area (Å²) in [6, 6.07) is 3.63. The van der Waals surface area contributed by atoms with Crippen molar-refractivity contribution in [2.75, 3.05) is 10.6 Å². The highest BCUT2D eigenvalue weighted by Crippen LogP contribution is 2.29. The zero-order valence-electron chi connectivity index (χ0n) is 12.3. The molecule has 0 saturated heterocycles. The zero-order valence-corrected chi connectivity index (χ0v) is 14.7. The molecule has 0 aliphatic rings. The van der Waals surface area contributed by atoms with Crippen LogP contribution in [0.3, 0.4) is 0 Å². The first-order valence-electron chi connectivity index (χ1n) is 6.63. The van der Waals surface area contributed by atoms with Gasteiger partial charge in [-0.1, -0.05) is 34.7 Å². The monoisotopic (exact) mass is 357 g/mol. The third-order valence-corrected chi connectivity index (χ3v) is 4.71. The average Bonchev–Trinajstić information content (AvgIpc) is 2.87. The standard InChI is InChI=1S/C13H16ClN5OS2/c1-7(2)16-12-18-19-13(22-12)21-8(3)11(20)17-10-5-4-9(14)6-15-10/h4-8H,1-3H3,(H,16,18)(H,15,17,20)/t8-/m0/s1. The molecule has 9 heteroatoms. The highest BCUT2D eigenvalue weighted by Gasteiger charge is 2.17. The van der Waals surface area contributed by atoms with Crippen molar-refractivity contribution < 1.29 is 4.79 Å². The third kappa shape index (κ3) is 5.11. The number of halogens is 1. The maximum atomic E-state index is 12.1. The maximum Gasteiger partial charge on any atom is 0.238 e. The average molecular weight is 358 g/mol. The highest BCUT2D eigenvalue weighted by molar-refractivity contribution is 8.02. The predicted molar refractivity (Wildman–Crippen MR) is 91.9 cm³/mol. The van der Waals surface area contributed by atoms with Gasteiger partial charge < -0.3 is 10.6 Å². The van der Waals surface area contributed by atoms with Crippen LogP contribution in [0.5, 0.6) is 0 Å². The predicted octanol–water partition coefficient (Wildman–Crippen LogP) is 3.53. The van der Waals surface area contributed by atoms with Crippen LogP contribution in [-0.4, -0.2) is 32.4 Å².